The lowest BCUT2D eigenvalue weighted by Crippen LogP contribution is -1.89. The Bertz CT molecular complexity index is 290. The van der Waals surface area contributed by atoms with E-state index in [0.717, 1.165) is 10.0 Å². The third-order valence-electron chi connectivity index (χ3n) is 1.42. The van der Waals surface area contributed by atoms with Crippen LogP contribution in [0.2, 0.25) is 0 Å². The Balaban J connectivity index is 2.98. The number of nitriles is 1. The molecule has 1 heterocycles. The summed E-state index contributed by atoms with van der Waals surface area (Å²) >= 11 is 3.29. The van der Waals surface area contributed by atoms with Crippen LogP contribution in [0, 0.1) is 11.3 Å². The Morgan fingerprint density at radius 2 is 2.36 bits per heavy atom. The number of hydrogen-bond donors (Lipinski definition) is 0. The molecule has 0 N–H and O–H groups in total. The standard InChI is InChI=1S/C8H7BrN2/c1-6(3-10)7-2-8(9)5-11-4-7/h2,4-6H,1H3/t6-/m1/s1. The maximum Gasteiger partial charge on any atom is 0.0701 e. The quantitative estimate of drug-likeness (QED) is 0.715. The molecule has 0 amide bonds. The van der Waals surface area contributed by atoms with Crippen molar-refractivity contribution in [2.75, 3.05) is 0 Å². The highest BCUT2D eigenvalue weighted by Gasteiger charge is 2.02. The van der Waals surface area contributed by atoms with Crippen molar-refractivity contribution in [1.82, 2.24) is 4.98 Å². The molecule has 0 radical (unpaired) electrons. The highest BCUT2D eigenvalue weighted by molar-refractivity contribution is 9.10. The van der Waals surface area contributed by atoms with Crippen molar-refractivity contribution < 1.29 is 0 Å². The molecule has 0 aliphatic carbocycles. The van der Waals surface area contributed by atoms with E-state index in [1.54, 1.807) is 12.4 Å². The summed E-state index contributed by atoms with van der Waals surface area (Å²) in [7, 11) is 0. The molecule has 56 valence electrons. The third kappa shape index (κ3) is 2.02. The van der Waals surface area contributed by atoms with Crippen molar-refractivity contribution >= 4 is 15.9 Å². The second kappa shape index (κ2) is 3.49. The van der Waals surface area contributed by atoms with Gasteiger partial charge in [0.05, 0.1) is 12.0 Å². The highest BCUT2D eigenvalue weighted by atomic mass is 79.9. The first-order valence-corrected chi connectivity index (χ1v) is 4.03. The first-order chi connectivity index (χ1) is 5.24. The predicted molar refractivity (Wildman–Crippen MR) is 46.0 cm³/mol. The van der Waals surface area contributed by atoms with E-state index in [1.807, 2.05) is 13.0 Å². The normalized spacial score (nSPS) is 12.1. The molecule has 1 aromatic rings. The number of pyridine rings is 1. The fourth-order valence-corrected chi connectivity index (χ4v) is 1.12. The Morgan fingerprint density at radius 3 is 2.91 bits per heavy atom. The maximum absolute atomic E-state index is 8.59. The molecule has 0 aliphatic rings. The van der Waals surface area contributed by atoms with Crippen LogP contribution in [0.25, 0.3) is 0 Å². The lowest BCUT2D eigenvalue weighted by molar-refractivity contribution is 0.964. The van der Waals surface area contributed by atoms with Gasteiger partial charge in [0.25, 0.3) is 0 Å². The average Bonchev–Trinajstić information content (AvgIpc) is 2.03. The van der Waals surface area contributed by atoms with E-state index in [2.05, 4.69) is 27.0 Å². The van der Waals surface area contributed by atoms with Crippen LogP contribution in [0.3, 0.4) is 0 Å². The Kier molecular flexibility index (Phi) is 2.61. The SMILES string of the molecule is C[C@H](C#N)c1cncc(Br)c1. The van der Waals surface area contributed by atoms with Gasteiger partial charge in [0, 0.05) is 16.9 Å². The van der Waals surface area contributed by atoms with Crippen LogP contribution in [0.4, 0.5) is 0 Å². The molecular weight excluding hydrogens is 204 g/mol. The van der Waals surface area contributed by atoms with Crippen molar-refractivity contribution in [1.29, 1.82) is 5.26 Å². The summed E-state index contributed by atoms with van der Waals surface area (Å²) in [6.07, 6.45) is 3.41. The predicted octanol–water partition coefficient (Wildman–Crippen LogP) is 2.47. The van der Waals surface area contributed by atoms with Crippen molar-refractivity contribution in [2.24, 2.45) is 0 Å². The van der Waals surface area contributed by atoms with Gasteiger partial charge in [0.1, 0.15) is 0 Å². The molecule has 2 nitrogen and oxygen atoms in total. The van der Waals surface area contributed by atoms with Gasteiger partial charge in [0.2, 0.25) is 0 Å². The second-order valence-corrected chi connectivity index (χ2v) is 3.20. The lowest BCUT2D eigenvalue weighted by atomic mass is 10.1. The minimum atomic E-state index is -0.0833. The Hall–Kier alpha value is -0.880. The Labute approximate surface area is 74.0 Å². The van der Waals surface area contributed by atoms with E-state index in [1.165, 1.54) is 0 Å². The van der Waals surface area contributed by atoms with Crippen LogP contribution >= 0.6 is 15.9 Å². The van der Waals surface area contributed by atoms with Gasteiger partial charge in [0.15, 0.2) is 0 Å². The van der Waals surface area contributed by atoms with Crippen molar-refractivity contribution in [3.05, 3.63) is 28.5 Å². The molecule has 1 atom stereocenters. The zero-order valence-electron chi connectivity index (χ0n) is 6.08. The number of halogens is 1. The molecule has 0 unspecified atom stereocenters. The molecule has 0 saturated carbocycles. The summed E-state index contributed by atoms with van der Waals surface area (Å²) in [6, 6.07) is 4.05. The fraction of sp³-hybridized carbons (Fsp3) is 0.250. The topological polar surface area (TPSA) is 36.7 Å². The van der Waals surface area contributed by atoms with E-state index in [4.69, 9.17) is 5.26 Å². The smallest absolute Gasteiger partial charge is 0.0701 e. The van der Waals surface area contributed by atoms with Gasteiger partial charge in [-0.15, -0.1) is 0 Å². The molecule has 11 heavy (non-hydrogen) atoms. The fourth-order valence-electron chi connectivity index (χ4n) is 0.740. The zero-order valence-corrected chi connectivity index (χ0v) is 7.67. The largest absolute Gasteiger partial charge is 0.263 e. The molecule has 1 rings (SSSR count). The summed E-state index contributed by atoms with van der Waals surface area (Å²) in [4.78, 5) is 3.96. The second-order valence-electron chi connectivity index (χ2n) is 2.29. The van der Waals surface area contributed by atoms with E-state index in [-0.39, 0.29) is 5.92 Å². The molecule has 0 aromatic carbocycles. The van der Waals surface area contributed by atoms with Gasteiger partial charge >= 0.3 is 0 Å². The first kappa shape index (κ1) is 8.22. The van der Waals surface area contributed by atoms with Crippen LogP contribution in [0.5, 0.6) is 0 Å². The van der Waals surface area contributed by atoms with Crippen LogP contribution in [0.1, 0.15) is 18.4 Å². The van der Waals surface area contributed by atoms with E-state index in [9.17, 15) is 0 Å². The van der Waals surface area contributed by atoms with Gasteiger partial charge in [-0.2, -0.15) is 5.26 Å². The summed E-state index contributed by atoms with van der Waals surface area (Å²) in [6.45, 7) is 1.85. The first-order valence-electron chi connectivity index (χ1n) is 3.24. The highest BCUT2D eigenvalue weighted by Crippen LogP contribution is 2.16. The number of aromatic nitrogens is 1. The minimum absolute atomic E-state index is 0.0833. The van der Waals surface area contributed by atoms with Crippen molar-refractivity contribution in [3.63, 3.8) is 0 Å². The van der Waals surface area contributed by atoms with Gasteiger partial charge in [-0.25, -0.2) is 0 Å². The molecule has 0 spiro atoms. The van der Waals surface area contributed by atoms with Crippen molar-refractivity contribution in [3.8, 4) is 6.07 Å². The molecule has 0 fully saturated rings. The minimum Gasteiger partial charge on any atom is -0.263 e. The molecule has 0 bridgehead atoms. The summed E-state index contributed by atoms with van der Waals surface area (Å²) in [5, 5.41) is 8.59. The lowest BCUT2D eigenvalue weighted by Gasteiger charge is -2.00. The molecule has 1 aromatic heterocycles. The van der Waals surface area contributed by atoms with Crippen LogP contribution in [-0.2, 0) is 0 Å². The number of rotatable bonds is 1. The van der Waals surface area contributed by atoms with E-state index >= 15 is 0 Å². The summed E-state index contributed by atoms with van der Waals surface area (Å²) in [5.41, 5.74) is 0.946. The average molecular weight is 211 g/mol. The summed E-state index contributed by atoms with van der Waals surface area (Å²) < 4.78 is 0.914. The Morgan fingerprint density at radius 1 is 1.64 bits per heavy atom. The zero-order chi connectivity index (χ0) is 8.27. The van der Waals surface area contributed by atoms with Crippen LogP contribution in [-0.4, -0.2) is 4.98 Å². The molecule has 3 heteroatoms. The monoisotopic (exact) mass is 210 g/mol. The number of hydrogen-bond acceptors (Lipinski definition) is 2. The van der Waals surface area contributed by atoms with Gasteiger partial charge in [-0.3, -0.25) is 4.98 Å². The molecular formula is C8H7BrN2. The number of nitrogens with zero attached hydrogens (tertiary/aromatic N) is 2. The molecule has 0 saturated heterocycles. The van der Waals surface area contributed by atoms with Crippen LogP contribution < -0.4 is 0 Å². The summed E-state index contributed by atoms with van der Waals surface area (Å²) in [5.74, 6) is -0.0833. The van der Waals surface area contributed by atoms with Gasteiger partial charge in [-0.05, 0) is 34.5 Å². The van der Waals surface area contributed by atoms with Gasteiger partial charge < -0.3 is 0 Å². The van der Waals surface area contributed by atoms with Gasteiger partial charge in [-0.1, -0.05) is 0 Å². The maximum atomic E-state index is 8.59. The van der Waals surface area contributed by atoms with E-state index < -0.39 is 0 Å². The van der Waals surface area contributed by atoms with E-state index in [0.29, 0.717) is 0 Å². The third-order valence-corrected chi connectivity index (χ3v) is 1.85. The molecule has 0 aliphatic heterocycles. The van der Waals surface area contributed by atoms with Crippen LogP contribution in [0.15, 0.2) is 22.9 Å². The van der Waals surface area contributed by atoms with Crippen molar-refractivity contribution in [2.45, 2.75) is 12.8 Å².